The Morgan fingerprint density at radius 2 is 2.00 bits per heavy atom. The molecule has 0 spiro atoms. The maximum Gasteiger partial charge on any atom is 0.225 e. The molecule has 4 heterocycles. The summed E-state index contributed by atoms with van der Waals surface area (Å²) < 4.78 is 1.70. The van der Waals surface area contributed by atoms with Gasteiger partial charge in [-0.05, 0) is 25.0 Å². The predicted octanol–water partition coefficient (Wildman–Crippen LogP) is 1.53. The van der Waals surface area contributed by atoms with Crippen LogP contribution in [0.1, 0.15) is 12.8 Å². The molecule has 0 bridgehead atoms. The molecule has 24 heavy (non-hydrogen) atoms. The second-order valence-corrected chi connectivity index (χ2v) is 5.69. The van der Waals surface area contributed by atoms with Crippen molar-refractivity contribution >= 4 is 11.8 Å². The smallest absolute Gasteiger partial charge is 0.225 e. The number of nitrogens with one attached hydrogen (secondary N) is 1. The van der Waals surface area contributed by atoms with Crippen LogP contribution in [0.2, 0.25) is 0 Å². The van der Waals surface area contributed by atoms with Gasteiger partial charge in [0.1, 0.15) is 5.82 Å². The van der Waals surface area contributed by atoms with Gasteiger partial charge in [0.25, 0.3) is 0 Å². The Balaban J connectivity index is 1.46. The zero-order chi connectivity index (χ0) is 16.2. The highest BCUT2D eigenvalue weighted by molar-refractivity contribution is 5.39. The normalized spacial score (nSPS) is 17.7. The second kappa shape index (κ2) is 6.61. The van der Waals surface area contributed by atoms with Crippen LogP contribution in [0.4, 0.5) is 11.8 Å². The predicted molar refractivity (Wildman–Crippen MR) is 90.0 cm³/mol. The Morgan fingerprint density at radius 3 is 2.83 bits per heavy atom. The zero-order valence-electron chi connectivity index (χ0n) is 13.2. The average Bonchev–Trinajstić information content (AvgIpc) is 3.18. The quantitative estimate of drug-likeness (QED) is 0.779. The number of rotatable bonds is 4. The van der Waals surface area contributed by atoms with Crippen molar-refractivity contribution < 1.29 is 0 Å². The van der Waals surface area contributed by atoms with Gasteiger partial charge in [0.2, 0.25) is 5.95 Å². The van der Waals surface area contributed by atoms with Crippen LogP contribution in [-0.2, 0) is 0 Å². The lowest BCUT2D eigenvalue weighted by Gasteiger charge is -2.33. The lowest BCUT2D eigenvalue weighted by Crippen LogP contribution is -2.43. The highest BCUT2D eigenvalue weighted by Gasteiger charge is 2.22. The molecule has 1 aliphatic rings. The van der Waals surface area contributed by atoms with E-state index in [2.05, 4.69) is 35.3 Å². The van der Waals surface area contributed by atoms with Gasteiger partial charge < -0.3 is 10.2 Å². The van der Waals surface area contributed by atoms with E-state index in [0.29, 0.717) is 5.82 Å². The Morgan fingerprint density at radius 1 is 1.08 bits per heavy atom. The van der Waals surface area contributed by atoms with Gasteiger partial charge in [-0.1, -0.05) is 0 Å². The van der Waals surface area contributed by atoms with E-state index >= 15 is 0 Å². The van der Waals surface area contributed by atoms with Crippen molar-refractivity contribution in [1.29, 1.82) is 0 Å². The van der Waals surface area contributed by atoms with Crippen molar-refractivity contribution in [1.82, 2.24) is 29.7 Å². The van der Waals surface area contributed by atoms with Crippen LogP contribution < -0.4 is 10.2 Å². The first-order valence-electron chi connectivity index (χ1n) is 7.99. The van der Waals surface area contributed by atoms with E-state index in [1.54, 1.807) is 35.7 Å². The van der Waals surface area contributed by atoms with E-state index in [9.17, 15) is 0 Å². The summed E-state index contributed by atoms with van der Waals surface area (Å²) >= 11 is 0. The highest BCUT2D eigenvalue weighted by Crippen LogP contribution is 2.18. The van der Waals surface area contributed by atoms with E-state index in [1.165, 1.54) is 0 Å². The van der Waals surface area contributed by atoms with Gasteiger partial charge in [-0.15, -0.1) is 0 Å². The summed E-state index contributed by atoms with van der Waals surface area (Å²) in [5.74, 6) is 2.23. The first kappa shape index (κ1) is 14.6. The third kappa shape index (κ3) is 3.17. The maximum absolute atomic E-state index is 4.58. The Labute approximate surface area is 139 Å². The lowest BCUT2D eigenvalue weighted by molar-refractivity contribution is 0.521. The summed E-state index contributed by atoms with van der Waals surface area (Å²) in [5.41, 5.74) is 0. The molecule has 122 valence electrons. The molecule has 3 aromatic rings. The van der Waals surface area contributed by atoms with Gasteiger partial charge >= 0.3 is 0 Å². The molecule has 0 aliphatic carbocycles. The molecule has 4 rings (SSSR count). The fourth-order valence-corrected chi connectivity index (χ4v) is 2.88. The number of nitrogens with zero attached hydrogens (tertiary/aromatic N) is 7. The summed E-state index contributed by atoms with van der Waals surface area (Å²) in [6.45, 7) is 1.82. The van der Waals surface area contributed by atoms with Crippen molar-refractivity contribution in [3.8, 4) is 5.82 Å². The molecule has 1 unspecified atom stereocenters. The summed E-state index contributed by atoms with van der Waals surface area (Å²) in [4.78, 5) is 19.7. The molecule has 0 radical (unpaired) electrons. The molecule has 3 aromatic heterocycles. The average molecular weight is 322 g/mol. The third-order valence-electron chi connectivity index (χ3n) is 3.97. The Bertz CT molecular complexity index is 774. The van der Waals surface area contributed by atoms with Gasteiger partial charge in [-0.3, -0.25) is 4.98 Å². The molecule has 1 atom stereocenters. The minimum Gasteiger partial charge on any atom is -0.364 e. The van der Waals surface area contributed by atoms with Crippen LogP contribution in [0.3, 0.4) is 0 Å². The van der Waals surface area contributed by atoms with Crippen LogP contribution >= 0.6 is 0 Å². The summed E-state index contributed by atoms with van der Waals surface area (Å²) in [6, 6.07) is 3.98. The van der Waals surface area contributed by atoms with E-state index < -0.39 is 0 Å². The standard InChI is InChI=1S/C16H18N8/c1-4-13(12-23(8-1)16-18-5-2-6-19-16)21-14-10-17-11-15(22-14)24-9-3-7-20-24/h2-3,5-7,9-11,13H,1,4,8,12H2,(H,21,22). The van der Waals surface area contributed by atoms with Crippen LogP contribution in [0, 0.1) is 0 Å². The highest BCUT2D eigenvalue weighted by atomic mass is 15.3. The molecule has 8 nitrogen and oxygen atoms in total. The Hall–Kier alpha value is -3.03. The third-order valence-corrected chi connectivity index (χ3v) is 3.97. The molecular formula is C16H18N8. The van der Waals surface area contributed by atoms with E-state index in [0.717, 1.165) is 37.7 Å². The lowest BCUT2D eigenvalue weighted by atomic mass is 10.1. The fourth-order valence-electron chi connectivity index (χ4n) is 2.88. The van der Waals surface area contributed by atoms with Gasteiger partial charge in [-0.25, -0.2) is 19.6 Å². The van der Waals surface area contributed by atoms with Gasteiger partial charge in [0, 0.05) is 43.9 Å². The van der Waals surface area contributed by atoms with Gasteiger partial charge in [-0.2, -0.15) is 5.10 Å². The molecule has 0 aromatic carbocycles. The number of aromatic nitrogens is 6. The van der Waals surface area contributed by atoms with Crippen LogP contribution in [0.5, 0.6) is 0 Å². The first-order valence-corrected chi connectivity index (χ1v) is 7.99. The largest absolute Gasteiger partial charge is 0.364 e. The molecular weight excluding hydrogens is 304 g/mol. The number of hydrogen-bond acceptors (Lipinski definition) is 7. The number of piperidine rings is 1. The SMILES string of the molecule is c1cnc(N2CCCC(Nc3cncc(-n4cccn4)n3)C2)nc1. The van der Waals surface area contributed by atoms with Crippen molar-refractivity contribution in [2.45, 2.75) is 18.9 Å². The molecule has 1 saturated heterocycles. The molecule has 1 fully saturated rings. The van der Waals surface area contributed by atoms with Crippen molar-refractivity contribution in [2.75, 3.05) is 23.3 Å². The fraction of sp³-hybridized carbons (Fsp3) is 0.312. The first-order chi connectivity index (χ1) is 11.9. The summed E-state index contributed by atoms with van der Waals surface area (Å²) in [6.07, 6.45) is 12.7. The van der Waals surface area contributed by atoms with Crippen molar-refractivity contribution in [2.24, 2.45) is 0 Å². The summed E-state index contributed by atoms with van der Waals surface area (Å²) in [5, 5.41) is 7.66. The van der Waals surface area contributed by atoms with Gasteiger partial charge in [0.15, 0.2) is 5.82 Å². The number of hydrogen-bond donors (Lipinski definition) is 1. The molecule has 0 amide bonds. The van der Waals surface area contributed by atoms with Crippen LogP contribution in [0.15, 0.2) is 49.3 Å². The van der Waals surface area contributed by atoms with E-state index in [-0.39, 0.29) is 6.04 Å². The maximum atomic E-state index is 4.58. The Kier molecular flexibility index (Phi) is 4.01. The summed E-state index contributed by atoms with van der Waals surface area (Å²) in [7, 11) is 0. The second-order valence-electron chi connectivity index (χ2n) is 5.69. The van der Waals surface area contributed by atoms with Crippen molar-refractivity contribution in [3.63, 3.8) is 0 Å². The monoisotopic (exact) mass is 322 g/mol. The molecule has 1 aliphatic heterocycles. The number of anilines is 2. The van der Waals surface area contributed by atoms with Crippen molar-refractivity contribution in [3.05, 3.63) is 49.3 Å². The molecule has 8 heteroatoms. The van der Waals surface area contributed by atoms with Crippen LogP contribution in [0.25, 0.3) is 5.82 Å². The molecule has 0 saturated carbocycles. The topological polar surface area (TPSA) is 84.7 Å². The molecule has 1 N–H and O–H groups in total. The zero-order valence-corrected chi connectivity index (χ0v) is 13.2. The minimum atomic E-state index is 0.282. The van der Waals surface area contributed by atoms with E-state index in [1.807, 2.05) is 18.3 Å². The van der Waals surface area contributed by atoms with Crippen LogP contribution in [-0.4, -0.2) is 48.8 Å². The van der Waals surface area contributed by atoms with E-state index in [4.69, 9.17) is 0 Å². The minimum absolute atomic E-state index is 0.282. The van der Waals surface area contributed by atoms with Gasteiger partial charge in [0.05, 0.1) is 12.4 Å².